The Morgan fingerprint density at radius 1 is 1.47 bits per heavy atom. The minimum absolute atomic E-state index is 0.619. The van der Waals surface area contributed by atoms with Crippen LogP contribution in [0.2, 0.25) is 0 Å². The van der Waals surface area contributed by atoms with Gasteiger partial charge < -0.3 is 10.2 Å². The van der Waals surface area contributed by atoms with Crippen LogP contribution in [0.1, 0.15) is 32.6 Å². The molecule has 1 aromatic heterocycles. The van der Waals surface area contributed by atoms with E-state index in [4.69, 9.17) is 0 Å². The van der Waals surface area contributed by atoms with Gasteiger partial charge in [0.25, 0.3) is 0 Å². The van der Waals surface area contributed by atoms with E-state index in [0.29, 0.717) is 6.04 Å². The summed E-state index contributed by atoms with van der Waals surface area (Å²) in [5.41, 5.74) is 0. The van der Waals surface area contributed by atoms with Gasteiger partial charge in [0.15, 0.2) is 0 Å². The first-order valence-corrected chi connectivity index (χ1v) is 6.64. The summed E-state index contributed by atoms with van der Waals surface area (Å²) in [5.74, 6) is 1.01. The lowest BCUT2D eigenvalue weighted by Crippen LogP contribution is -2.38. The summed E-state index contributed by atoms with van der Waals surface area (Å²) in [6.07, 6.45) is 10.4. The Hall–Kier alpha value is -1.16. The molecule has 94 valence electrons. The highest BCUT2D eigenvalue weighted by Gasteiger charge is 2.18. The number of hydrogen-bond donors (Lipinski definition) is 1. The Morgan fingerprint density at radius 3 is 3.06 bits per heavy atom. The summed E-state index contributed by atoms with van der Waals surface area (Å²) < 4.78 is 0. The average molecular weight is 234 g/mol. The van der Waals surface area contributed by atoms with E-state index in [1.807, 2.05) is 6.20 Å². The molecule has 2 heterocycles. The van der Waals surface area contributed by atoms with Gasteiger partial charge in [-0.05, 0) is 25.8 Å². The smallest absolute Gasteiger partial charge is 0.147 e. The zero-order chi connectivity index (χ0) is 11.9. The van der Waals surface area contributed by atoms with Gasteiger partial charge in [-0.1, -0.05) is 13.3 Å². The second-order valence-electron chi connectivity index (χ2n) is 4.66. The summed E-state index contributed by atoms with van der Waals surface area (Å²) in [7, 11) is 0. The predicted octanol–water partition coefficient (Wildman–Crippen LogP) is 1.84. The third-order valence-electron chi connectivity index (χ3n) is 3.26. The van der Waals surface area contributed by atoms with Crippen molar-refractivity contribution in [1.82, 2.24) is 15.3 Å². The second kappa shape index (κ2) is 6.55. The van der Waals surface area contributed by atoms with Crippen LogP contribution in [0, 0.1) is 0 Å². The van der Waals surface area contributed by atoms with Crippen molar-refractivity contribution < 1.29 is 0 Å². The van der Waals surface area contributed by atoms with Gasteiger partial charge in [-0.25, -0.2) is 4.98 Å². The molecule has 1 atom stereocenters. The first kappa shape index (κ1) is 12.3. The molecule has 0 bridgehead atoms. The van der Waals surface area contributed by atoms with Gasteiger partial charge in [-0.15, -0.1) is 0 Å². The number of aromatic nitrogens is 2. The van der Waals surface area contributed by atoms with Crippen molar-refractivity contribution in [3.63, 3.8) is 0 Å². The highest BCUT2D eigenvalue weighted by atomic mass is 15.2. The van der Waals surface area contributed by atoms with E-state index in [-0.39, 0.29) is 0 Å². The number of rotatable bonds is 6. The van der Waals surface area contributed by atoms with E-state index in [2.05, 4.69) is 27.1 Å². The van der Waals surface area contributed by atoms with Crippen molar-refractivity contribution in [3.05, 3.63) is 18.6 Å². The van der Waals surface area contributed by atoms with Gasteiger partial charge in [0, 0.05) is 31.5 Å². The normalized spacial score (nSPS) is 19.5. The molecule has 1 saturated heterocycles. The van der Waals surface area contributed by atoms with Crippen LogP contribution in [-0.2, 0) is 0 Å². The molecule has 1 fully saturated rings. The van der Waals surface area contributed by atoms with Crippen LogP contribution in [0.25, 0.3) is 0 Å². The Bertz CT molecular complexity index is 308. The number of unbranched alkanes of at least 4 members (excludes halogenated alkanes) is 1. The lowest BCUT2D eigenvalue weighted by molar-refractivity contribution is 0.568. The molecule has 2 rings (SSSR count). The van der Waals surface area contributed by atoms with Crippen molar-refractivity contribution in [2.45, 2.75) is 38.6 Å². The maximum absolute atomic E-state index is 4.41. The minimum Gasteiger partial charge on any atom is -0.354 e. The molecule has 0 amide bonds. The molecule has 4 nitrogen and oxygen atoms in total. The summed E-state index contributed by atoms with van der Waals surface area (Å²) in [5, 5.41) is 3.54. The van der Waals surface area contributed by atoms with Crippen molar-refractivity contribution in [2.75, 3.05) is 24.5 Å². The molecule has 1 aromatic rings. The Labute approximate surface area is 103 Å². The van der Waals surface area contributed by atoms with Crippen molar-refractivity contribution in [2.24, 2.45) is 0 Å². The first-order chi connectivity index (χ1) is 8.40. The van der Waals surface area contributed by atoms with Crippen LogP contribution in [0.15, 0.2) is 18.6 Å². The zero-order valence-electron chi connectivity index (χ0n) is 10.6. The number of hydrogen-bond acceptors (Lipinski definition) is 4. The second-order valence-corrected chi connectivity index (χ2v) is 4.66. The van der Waals surface area contributed by atoms with E-state index in [1.54, 1.807) is 12.4 Å². The number of nitrogens with zero attached hydrogens (tertiary/aromatic N) is 3. The molecule has 0 saturated carbocycles. The molecule has 1 unspecified atom stereocenters. The highest BCUT2D eigenvalue weighted by molar-refractivity contribution is 5.35. The highest BCUT2D eigenvalue weighted by Crippen LogP contribution is 2.13. The Balaban J connectivity index is 1.97. The van der Waals surface area contributed by atoms with E-state index < -0.39 is 0 Å². The Kier molecular flexibility index (Phi) is 4.74. The quantitative estimate of drug-likeness (QED) is 0.815. The fourth-order valence-electron chi connectivity index (χ4n) is 2.28. The van der Waals surface area contributed by atoms with E-state index in [0.717, 1.165) is 25.5 Å². The van der Waals surface area contributed by atoms with E-state index in [1.165, 1.54) is 25.7 Å². The van der Waals surface area contributed by atoms with Gasteiger partial charge in [0.1, 0.15) is 5.82 Å². The molecule has 1 N–H and O–H groups in total. The monoisotopic (exact) mass is 234 g/mol. The molecule has 4 heteroatoms. The van der Waals surface area contributed by atoms with E-state index >= 15 is 0 Å². The fourth-order valence-corrected chi connectivity index (χ4v) is 2.28. The van der Waals surface area contributed by atoms with Crippen LogP contribution < -0.4 is 10.2 Å². The molecule has 0 radical (unpaired) electrons. The summed E-state index contributed by atoms with van der Waals surface area (Å²) in [4.78, 5) is 10.9. The topological polar surface area (TPSA) is 41.0 Å². The van der Waals surface area contributed by atoms with Crippen LogP contribution >= 0.6 is 0 Å². The lowest BCUT2D eigenvalue weighted by Gasteiger charge is -2.26. The van der Waals surface area contributed by atoms with Gasteiger partial charge in [-0.3, -0.25) is 4.98 Å². The number of anilines is 1. The van der Waals surface area contributed by atoms with Gasteiger partial charge in [0.2, 0.25) is 0 Å². The van der Waals surface area contributed by atoms with Gasteiger partial charge in [-0.2, -0.15) is 0 Å². The van der Waals surface area contributed by atoms with Crippen LogP contribution in [0.5, 0.6) is 0 Å². The molecule has 0 aliphatic carbocycles. The molecule has 1 aliphatic heterocycles. The summed E-state index contributed by atoms with van der Waals surface area (Å²) in [6.45, 7) is 5.52. The van der Waals surface area contributed by atoms with Crippen molar-refractivity contribution in [3.8, 4) is 0 Å². The standard InChI is InChI=1S/C13H22N4/c1-2-3-9-17(11-12-5-4-6-15-12)13-10-14-7-8-16-13/h7-8,10,12,15H,2-6,9,11H2,1H3. The zero-order valence-corrected chi connectivity index (χ0v) is 10.6. The molecule has 0 spiro atoms. The molecular formula is C13H22N4. The third-order valence-corrected chi connectivity index (χ3v) is 3.26. The lowest BCUT2D eigenvalue weighted by atomic mass is 10.2. The van der Waals surface area contributed by atoms with Crippen LogP contribution in [0.3, 0.4) is 0 Å². The molecule has 1 aliphatic rings. The average Bonchev–Trinajstić information content (AvgIpc) is 2.88. The SMILES string of the molecule is CCCCN(CC1CCCN1)c1cnccn1. The third kappa shape index (κ3) is 3.66. The fraction of sp³-hybridized carbons (Fsp3) is 0.692. The van der Waals surface area contributed by atoms with Crippen molar-refractivity contribution in [1.29, 1.82) is 0 Å². The molecule has 17 heavy (non-hydrogen) atoms. The first-order valence-electron chi connectivity index (χ1n) is 6.64. The van der Waals surface area contributed by atoms with Crippen molar-refractivity contribution >= 4 is 5.82 Å². The maximum atomic E-state index is 4.41. The summed E-state index contributed by atoms with van der Waals surface area (Å²) in [6, 6.07) is 0.619. The van der Waals surface area contributed by atoms with Crippen LogP contribution in [-0.4, -0.2) is 35.6 Å². The van der Waals surface area contributed by atoms with Crippen LogP contribution in [0.4, 0.5) is 5.82 Å². The largest absolute Gasteiger partial charge is 0.354 e. The molecular weight excluding hydrogens is 212 g/mol. The van der Waals surface area contributed by atoms with Gasteiger partial charge in [0.05, 0.1) is 6.20 Å². The number of nitrogens with one attached hydrogen (secondary N) is 1. The van der Waals surface area contributed by atoms with E-state index in [9.17, 15) is 0 Å². The predicted molar refractivity (Wildman–Crippen MR) is 70.2 cm³/mol. The summed E-state index contributed by atoms with van der Waals surface area (Å²) >= 11 is 0. The Morgan fingerprint density at radius 2 is 2.41 bits per heavy atom. The minimum atomic E-state index is 0.619. The maximum Gasteiger partial charge on any atom is 0.147 e. The van der Waals surface area contributed by atoms with Gasteiger partial charge >= 0.3 is 0 Å². The molecule has 0 aromatic carbocycles.